The monoisotopic (exact) mass is 504 g/mol. The molecule has 1 fully saturated rings. The number of primary amides is 1. The van der Waals surface area contributed by atoms with Crippen molar-refractivity contribution in [3.63, 3.8) is 0 Å². The molecular formula is C25H31F3N6O2. The third kappa shape index (κ3) is 5.79. The van der Waals surface area contributed by atoms with E-state index in [0.717, 1.165) is 35.2 Å². The number of nitrogens with two attached hydrogens (primary N) is 1. The van der Waals surface area contributed by atoms with Crippen LogP contribution in [-0.2, 0) is 24.1 Å². The van der Waals surface area contributed by atoms with Gasteiger partial charge in [-0.15, -0.1) is 0 Å². The van der Waals surface area contributed by atoms with Crippen molar-refractivity contribution >= 4 is 22.8 Å². The molecule has 0 spiro atoms. The number of nitrogens with zero attached hydrogens (tertiary/aromatic N) is 5. The number of aromatic nitrogens is 3. The summed E-state index contributed by atoms with van der Waals surface area (Å²) in [6.45, 7) is 6.17. The van der Waals surface area contributed by atoms with Crippen LogP contribution in [0.4, 0.5) is 19.0 Å². The molecule has 36 heavy (non-hydrogen) atoms. The Morgan fingerprint density at radius 3 is 2.56 bits per heavy atom. The van der Waals surface area contributed by atoms with E-state index >= 15 is 0 Å². The van der Waals surface area contributed by atoms with Crippen molar-refractivity contribution in [3.8, 4) is 0 Å². The molecule has 3 N–H and O–H groups in total. The first kappa shape index (κ1) is 25.9. The number of fused-ring (bicyclic) bond motifs is 1. The van der Waals surface area contributed by atoms with Crippen LogP contribution in [0.1, 0.15) is 31.4 Å². The number of β-amino-alcohol motifs (C(OH)–C–C–N with tert-alkyl or cyclic N) is 1. The number of hydrogen-bond acceptors (Lipinski definition) is 6. The van der Waals surface area contributed by atoms with Crippen LogP contribution in [0, 0.1) is 5.92 Å². The van der Waals surface area contributed by atoms with Crippen LogP contribution in [0.2, 0.25) is 0 Å². The fourth-order valence-corrected chi connectivity index (χ4v) is 4.74. The predicted octanol–water partition coefficient (Wildman–Crippen LogP) is 3.03. The van der Waals surface area contributed by atoms with Crippen molar-refractivity contribution < 1.29 is 23.1 Å². The van der Waals surface area contributed by atoms with Gasteiger partial charge in [0.15, 0.2) is 0 Å². The minimum absolute atomic E-state index is 0.00325. The molecule has 1 unspecified atom stereocenters. The topological polar surface area (TPSA) is 101 Å². The molecule has 3 aromatic rings. The lowest BCUT2D eigenvalue weighted by molar-refractivity contribution is -0.137. The minimum atomic E-state index is -4.37. The summed E-state index contributed by atoms with van der Waals surface area (Å²) < 4.78 is 40.8. The van der Waals surface area contributed by atoms with E-state index in [0.29, 0.717) is 32.0 Å². The molecule has 1 aliphatic heterocycles. The van der Waals surface area contributed by atoms with Crippen molar-refractivity contribution in [1.29, 1.82) is 0 Å². The number of anilines is 1. The van der Waals surface area contributed by atoms with Gasteiger partial charge in [-0.25, -0.2) is 9.97 Å². The summed E-state index contributed by atoms with van der Waals surface area (Å²) in [5.41, 5.74) is 6.07. The molecule has 4 rings (SSSR count). The molecule has 3 heterocycles. The first-order valence-corrected chi connectivity index (χ1v) is 11.9. The molecule has 11 heteroatoms. The number of likely N-dealkylation sites (tertiary alicyclic amines) is 1. The van der Waals surface area contributed by atoms with E-state index in [-0.39, 0.29) is 18.5 Å². The molecule has 8 nitrogen and oxygen atoms in total. The van der Waals surface area contributed by atoms with E-state index < -0.39 is 23.8 Å². The lowest BCUT2D eigenvalue weighted by Gasteiger charge is -2.35. The fourth-order valence-electron chi connectivity index (χ4n) is 4.74. The van der Waals surface area contributed by atoms with Crippen LogP contribution in [-0.4, -0.2) is 62.2 Å². The van der Waals surface area contributed by atoms with Gasteiger partial charge in [-0.2, -0.15) is 13.2 Å². The number of halogens is 3. The number of hydrogen-bond donors (Lipinski definition) is 2. The molecular weight excluding hydrogens is 473 g/mol. The number of rotatable bonds is 8. The summed E-state index contributed by atoms with van der Waals surface area (Å²) >= 11 is 0. The number of carbonyl (C=O) groups excluding carboxylic acids is 1. The molecule has 1 saturated heterocycles. The maximum absolute atomic E-state index is 12.9. The summed E-state index contributed by atoms with van der Waals surface area (Å²) in [5.74, 6) is 0.286. The summed E-state index contributed by atoms with van der Waals surface area (Å²) in [5, 5.41) is 11.5. The van der Waals surface area contributed by atoms with Crippen molar-refractivity contribution in [2.75, 3.05) is 24.5 Å². The van der Waals surface area contributed by atoms with Gasteiger partial charge in [0.2, 0.25) is 5.91 Å². The number of aliphatic hydroxyl groups excluding tert-OH is 1. The van der Waals surface area contributed by atoms with E-state index in [1.165, 1.54) is 18.5 Å². The zero-order valence-corrected chi connectivity index (χ0v) is 20.3. The molecule has 0 radical (unpaired) electrons. The SMILES string of the molecule is CC(C)N(Cc1ccc(C(F)(F)F)cc1)c1ncnc2c1ccn2CC1CCN(CC(N)=O)C[C@@H]1O. The van der Waals surface area contributed by atoms with Gasteiger partial charge < -0.3 is 20.3 Å². The van der Waals surface area contributed by atoms with Crippen LogP contribution in [0.15, 0.2) is 42.9 Å². The highest BCUT2D eigenvalue weighted by atomic mass is 19.4. The lowest BCUT2D eigenvalue weighted by atomic mass is 9.93. The van der Waals surface area contributed by atoms with Crippen molar-refractivity contribution in [3.05, 3.63) is 54.0 Å². The quantitative estimate of drug-likeness (QED) is 0.489. The van der Waals surface area contributed by atoms with Crippen molar-refractivity contribution in [2.45, 2.75) is 51.7 Å². The largest absolute Gasteiger partial charge is 0.416 e. The maximum Gasteiger partial charge on any atom is 0.416 e. The summed E-state index contributed by atoms with van der Waals surface area (Å²) in [7, 11) is 0. The van der Waals surface area contributed by atoms with Crippen LogP contribution in [0.5, 0.6) is 0 Å². The normalized spacial score (nSPS) is 19.2. The number of piperidine rings is 1. The molecule has 0 saturated carbocycles. The van der Waals surface area contributed by atoms with Gasteiger partial charge in [-0.3, -0.25) is 9.69 Å². The van der Waals surface area contributed by atoms with E-state index in [2.05, 4.69) is 9.97 Å². The van der Waals surface area contributed by atoms with Gasteiger partial charge >= 0.3 is 6.18 Å². The van der Waals surface area contributed by atoms with Crippen LogP contribution in [0.25, 0.3) is 11.0 Å². The second-order valence-corrected chi connectivity index (χ2v) is 9.64. The van der Waals surface area contributed by atoms with Gasteiger partial charge in [0.05, 0.1) is 23.6 Å². The molecule has 194 valence electrons. The van der Waals surface area contributed by atoms with Gasteiger partial charge in [-0.1, -0.05) is 12.1 Å². The number of amides is 1. The molecule has 0 aliphatic carbocycles. The Bertz CT molecular complexity index is 1190. The molecule has 1 aliphatic rings. The van der Waals surface area contributed by atoms with Gasteiger partial charge in [0.25, 0.3) is 0 Å². The van der Waals surface area contributed by atoms with Crippen LogP contribution < -0.4 is 10.6 Å². The third-order valence-electron chi connectivity index (χ3n) is 6.68. The van der Waals surface area contributed by atoms with Crippen LogP contribution in [0.3, 0.4) is 0 Å². The van der Waals surface area contributed by atoms with E-state index in [1.807, 2.05) is 40.5 Å². The Balaban J connectivity index is 1.54. The zero-order chi connectivity index (χ0) is 26.0. The summed E-state index contributed by atoms with van der Waals surface area (Å²) in [4.78, 5) is 24.1. The molecule has 1 aromatic carbocycles. The van der Waals surface area contributed by atoms with E-state index in [9.17, 15) is 23.1 Å². The van der Waals surface area contributed by atoms with Crippen molar-refractivity contribution in [2.24, 2.45) is 11.7 Å². The van der Waals surface area contributed by atoms with Crippen LogP contribution >= 0.6 is 0 Å². The molecule has 0 bridgehead atoms. The first-order chi connectivity index (χ1) is 17.0. The Hall–Kier alpha value is -3.18. The van der Waals surface area contributed by atoms with Gasteiger partial charge in [0.1, 0.15) is 17.8 Å². The highest BCUT2D eigenvalue weighted by Crippen LogP contribution is 2.31. The molecule has 2 atom stereocenters. The molecule has 2 aromatic heterocycles. The second kappa shape index (κ2) is 10.4. The first-order valence-electron chi connectivity index (χ1n) is 11.9. The number of carbonyl (C=O) groups is 1. The van der Waals surface area contributed by atoms with Gasteiger partial charge in [-0.05, 0) is 50.6 Å². The summed E-state index contributed by atoms with van der Waals surface area (Å²) in [6, 6.07) is 7.15. The second-order valence-electron chi connectivity index (χ2n) is 9.64. The summed E-state index contributed by atoms with van der Waals surface area (Å²) in [6.07, 6.45) is -0.838. The van der Waals surface area contributed by atoms with Gasteiger partial charge in [0, 0.05) is 37.8 Å². The highest BCUT2D eigenvalue weighted by molar-refractivity contribution is 5.88. The minimum Gasteiger partial charge on any atom is -0.391 e. The smallest absolute Gasteiger partial charge is 0.391 e. The number of aliphatic hydroxyl groups is 1. The average molecular weight is 505 g/mol. The Morgan fingerprint density at radius 1 is 1.22 bits per heavy atom. The standard InChI is InChI=1S/C25H31F3N6O2/c1-16(2)34(11-17-3-5-19(6-4-17)25(26,27)28)24-20-8-10-33(23(20)30-15-31-24)12-18-7-9-32(13-21(18)35)14-22(29)36/h3-6,8,10,15-16,18,21,35H,7,9,11-14H2,1-2H3,(H2,29,36)/t18?,21-/m0/s1. The Labute approximate surface area is 207 Å². The lowest BCUT2D eigenvalue weighted by Crippen LogP contribution is -2.47. The Kier molecular flexibility index (Phi) is 7.51. The highest BCUT2D eigenvalue weighted by Gasteiger charge is 2.31. The zero-order valence-electron chi connectivity index (χ0n) is 20.3. The molecule has 1 amide bonds. The van der Waals surface area contributed by atoms with E-state index in [4.69, 9.17) is 5.73 Å². The number of benzene rings is 1. The Morgan fingerprint density at radius 2 is 1.94 bits per heavy atom. The van der Waals surface area contributed by atoms with Crippen molar-refractivity contribution in [1.82, 2.24) is 19.4 Å². The maximum atomic E-state index is 12.9. The van der Waals surface area contributed by atoms with E-state index in [1.54, 1.807) is 0 Å². The fraction of sp³-hybridized carbons (Fsp3) is 0.480. The number of alkyl halides is 3. The third-order valence-corrected chi connectivity index (χ3v) is 6.68. The predicted molar refractivity (Wildman–Crippen MR) is 130 cm³/mol. The average Bonchev–Trinajstić information content (AvgIpc) is 3.21.